The van der Waals surface area contributed by atoms with Crippen molar-refractivity contribution in [2.75, 3.05) is 6.61 Å². The number of carbonyl (C=O) groups is 1. The Morgan fingerprint density at radius 1 is 1.26 bits per heavy atom. The second-order valence-electron chi connectivity index (χ2n) is 8.15. The highest BCUT2D eigenvalue weighted by Crippen LogP contribution is 2.39. The molecule has 0 fully saturated rings. The number of fused-ring (bicyclic) bond motifs is 2. The van der Waals surface area contributed by atoms with Gasteiger partial charge in [-0.2, -0.15) is 5.26 Å². The Kier molecular flexibility index (Phi) is 6.75. The highest BCUT2D eigenvalue weighted by Gasteiger charge is 2.20. The number of aromatic nitrogens is 3. The summed E-state index contributed by atoms with van der Waals surface area (Å²) >= 11 is 13.4. The van der Waals surface area contributed by atoms with Gasteiger partial charge in [0, 0.05) is 33.8 Å². The number of aromatic carboxylic acids is 1. The highest BCUT2D eigenvalue weighted by molar-refractivity contribution is 7.18. The van der Waals surface area contributed by atoms with Crippen molar-refractivity contribution in [3.8, 4) is 22.9 Å². The standard InChI is InChI=1S/C26H15Cl2FN4O4S/c1-12-32-19-9-18(29)22(28)16(10-30)21(19)25(34)33(12)6-7-37-20-3-2-13(27)8-15(20)14-4-5-31-23-17(26(35)36)11-38-24(14)23/h2-5,8-9,11H,6-7H2,1H3,(H,35,36). The van der Waals surface area contributed by atoms with Crippen molar-refractivity contribution in [1.29, 1.82) is 5.26 Å². The van der Waals surface area contributed by atoms with Gasteiger partial charge in [-0.1, -0.05) is 23.2 Å². The minimum Gasteiger partial charge on any atom is -0.491 e. The van der Waals surface area contributed by atoms with Gasteiger partial charge in [-0.25, -0.2) is 14.2 Å². The Bertz CT molecular complexity index is 1880. The van der Waals surface area contributed by atoms with Crippen LogP contribution in [0.15, 0.2) is 46.7 Å². The number of hydrogen-bond donors (Lipinski definition) is 1. The molecule has 0 aliphatic rings. The van der Waals surface area contributed by atoms with Crippen LogP contribution in [0, 0.1) is 24.1 Å². The van der Waals surface area contributed by atoms with Gasteiger partial charge < -0.3 is 9.84 Å². The fraction of sp³-hybridized carbons (Fsp3) is 0.115. The Labute approximate surface area is 228 Å². The predicted octanol–water partition coefficient (Wildman–Crippen LogP) is 6.08. The van der Waals surface area contributed by atoms with Crippen molar-refractivity contribution in [1.82, 2.24) is 14.5 Å². The van der Waals surface area contributed by atoms with Crippen molar-refractivity contribution in [3.05, 3.63) is 85.1 Å². The fourth-order valence-electron chi connectivity index (χ4n) is 4.18. The molecule has 190 valence electrons. The Morgan fingerprint density at radius 3 is 2.79 bits per heavy atom. The average molecular weight is 569 g/mol. The SMILES string of the molecule is Cc1nc2cc(F)c(Cl)c(C#N)c2c(=O)n1CCOc1ccc(Cl)cc1-c1ccnc2c(C(=O)O)csc12. The number of nitriles is 1. The second kappa shape index (κ2) is 10.0. The molecular formula is C26H15Cl2FN4O4S. The van der Waals surface area contributed by atoms with Crippen molar-refractivity contribution in [2.45, 2.75) is 13.5 Å². The van der Waals surface area contributed by atoms with E-state index in [2.05, 4.69) is 9.97 Å². The van der Waals surface area contributed by atoms with Crippen LogP contribution in [0.5, 0.6) is 5.75 Å². The number of pyridine rings is 1. The van der Waals surface area contributed by atoms with E-state index in [1.54, 1.807) is 37.3 Å². The zero-order chi connectivity index (χ0) is 27.1. The Morgan fingerprint density at radius 2 is 2.05 bits per heavy atom. The van der Waals surface area contributed by atoms with E-state index in [0.29, 0.717) is 37.9 Å². The summed E-state index contributed by atoms with van der Waals surface area (Å²) in [6.07, 6.45) is 1.52. The van der Waals surface area contributed by atoms with Gasteiger partial charge in [0.05, 0.1) is 43.8 Å². The number of halogens is 3. The van der Waals surface area contributed by atoms with Crippen LogP contribution in [0.1, 0.15) is 21.7 Å². The summed E-state index contributed by atoms with van der Waals surface area (Å²) in [4.78, 5) is 33.3. The first-order valence-corrected chi connectivity index (χ1v) is 12.7. The van der Waals surface area contributed by atoms with Crippen LogP contribution >= 0.6 is 34.5 Å². The van der Waals surface area contributed by atoms with Crippen LogP contribution in [0.4, 0.5) is 4.39 Å². The number of benzene rings is 2. The van der Waals surface area contributed by atoms with Gasteiger partial charge in [-0.05, 0) is 31.2 Å². The first-order valence-electron chi connectivity index (χ1n) is 11.0. The van der Waals surface area contributed by atoms with Crippen LogP contribution in [0.3, 0.4) is 0 Å². The van der Waals surface area contributed by atoms with Gasteiger partial charge in [0.2, 0.25) is 0 Å². The lowest BCUT2D eigenvalue weighted by Gasteiger charge is -2.15. The van der Waals surface area contributed by atoms with E-state index in [0.717, 1.165) is 6.07 Å². The van der Waals surface area contributed by atoms with E-state index in [4.69, 9.17) is 27.9 Å². The van der Waals surface area contributed by atoms with E-state index < -0.39 is 22.4 Å². The number of rotatable bonds is 6. The molecule has 3 aromatic heterocycles. The maximum absolute atomic E-state index is 14.1. The number of carboxylic acid groups (broad SMARTS) is 1. The topological polar surface area (TPSA) is 118 Å². The smallest absolute Gasteiger partial charge is 0.338 e. The number of thiophene rings is 1. The molecule has 0 amide bonds. The zero-order valence-electron chi connectivity index (χ0n) is 19.5. The normalized spacial score (nSPS) is 11.1. The molecule has 0 saturated carbocycles. The molecule has 5 aromatic rings. The summed E-state index contributed by atoms with van der Waals surface area (Å²) in [7, 11) is 0. The minimum atomic E-state index is -1.07. The van der Waals surface area contributed by atoms with E-state index in [-0.39, 0.29) is 35.2 Å². The average Bonchev–Trinajstić information content (AvgIpc) is 3.33. The first-order chi connectivity index (χ1) is 18.2. The van der Waals surface area contributed by atoms with Crippen molar-refractivity contribution >= 4 is 61.6 Å². The van der Waals surface area contributed by atoms with Gasteiger partial charge >= 0.3 is 5.97 Å². The summed E-state index contributed by atoms with van der Waals surface area (Å²) in [5.74, 6) is -1.14. The van der Waals surface area contributed by atoms with Gasteiger partial charge in [-0.3, -0.25) is 14.3 Å². The van der Waals surface area contributed by atoms with E-state index in [1.165, 1.54) is 27.5 Å². The Hall–Kier alpha value is -4.04. The lowest BCUT2D eigenvalue weighted by Crippen LogP contribution is -2.27. The lowest BCUT2D eigenvalue weighted by molar-refractivity contribution is 0.0699. The summed E-state index contributed by atoms with van der Waals surface area (Å²) < 4.78 is 22.1. The summed E-state index contributed by atoms with van der Waals surface area (Å²) in [5.41, 5.74) is 1.01. The molecule has 0 spiro atoms. The molecule has 12 heteroatoms. The van der Waals surface area contributed by atoms with Gasteiger partial charge in [0.1, 0.15) is 30.1 Å². The summed E-state index contributed by atoms with van der Waals surface area (Å²) in [6.45, 7) is 1.71. The molecule has 0 bridgehead atoms. The molecular weight excluding hydrogens is 554 g/mol. The zero-order valence-corrected chi connectivity index (χ0v) is 21.8. The molecule has 2 aromatic carbocycles. The molecule has 5 rings (SSSR count). The maximum atomic E-state index is 14.1. The molecule has 0 atom stereocenters. The van der Waals surface area contributed by atoms with Crippen molar-refractivity contribution in [2.24, 2.45) is 0 Å². The first kappa shape index (κ1) is 25.6. The van der Waals surface area contributed by atoms with E-state index >= 15 is 0 Å². The number of carboxylic acids is 1. The molecule has 1 N–H and O–H groups in total. The van der Waals surface area contributed by atoms with Crippen LogP contribution in [0.2, 0.25) is 10.0 Å². The molecule has 0 aliphatic heterocycles. The maximum Gasteiger partial charge on any atom is 0.338 e. The van der Waals surface area contributed by atoms with Crippen molar-refractivity contribution in [3.63, 3.8) is 0 Å². The quantitative estimate of drug-likeness (QED) is 0.264. The summed E-state index contributed by atoms with van der Waals surface area (Å²) in [5, 5.41) is 20.4. The second-order valence-corrected chi connectivity index (χ2v) is 9.84. The molecule has 0 unspecified atom stereocenters. The number of nitrogens with zero attached hydrogens (tertiary/aromatic N) is 4. The molecule has 0 radical (unpaired) electrons. The molecule has 0 saturated heterocycles. The summed E-state index contributed by atoms with van der Waals surface area (Å²) in [6, 6.07) is 9.61. The monoisotopic (exact) mass is 568 g/mol. The van der Waals surface area contributed by atoms with E-state index in [1.807, 2.05) is 0 Å². The number of ether oxygens (including phenoxy) is 1. The van der Waals surface area contributed by atoms with Crippen LogP contribution in [0.25, 0.3) is 32.2 Å². The number of hydrogen-bond acceptors (Lipinski definition) is 7. The predicted molar refractivity (Wildman–Crippen MR) is 143 cm³/mol. The molecule has 0 aliphatic carbocycles. The Balaban J connectivity index is 1.50. The molecule has 3 heterocycles. The highest BCUT2D eigenvalue weighted by atomic mass is 35.5. The van der Waals surface area contributed by atoms with Crippen LogP contribution in [-0.2, 0) is 6.54 Å². The lowest BCUT2D eigenvalue weighted by atomic mass is 10.0. The van der Waals surface area contributed by atoms with Crippen LogP contribution < -0.4 is 10.3 Å². The third kappa shape index (κ3) is 4.35. The van der Waals surface area contributed by atoms with E-state index in [9.17, 15) is 24.3 Å². The third-order valence-corrected chi connectivity index (χ3v) is 7.54. The van der Waals surface area contributed by atoms with Gasteiger partial charge in [0.25, 0.3) is 5.56 Å². The molecule has 38 heavy (non-hydrogen) atoms. The largest absolute Gasteiger partial charge is 0.491 e. The molecule has 8 nitrogen and oxygen atoms in total. The van der Waals surface area contributed by atoms with Gasteiger partial charge in [0.15, 0.2) is 0 Å². The van der Waals surface area contributed by atoms with Crippen molar-refractivity contribution < 1.29 is 19.0 Å². The van der Waals surface area contributed by atoms with Crippen LogP contribution in [-0.4, -0.2) is 32.2 Å². The third-order valence-electron chi connectivity index (χ3n) is 5.93. The fourth-order valence-corrected chi connectivity index (χ4v) is 5.58. The van der Waals surface area contributed by atoms with Gasteiger partial charge in [-0.15, -0.1) is 11.3 Å². The number of aryl methyl sites for hydroxylation is 1. The minimum absolute atomic E-state index is 0.0401.